The molecule has 0 unspecified atom stereocenters. The lowest BCUT2D eigenvalue weighted by molar-refractivity contribution is -0.123. The molecule has 1 aromatic rings. The van der Waals surface area contributed by atoms with Crippen molar-refractivity contribution in [3.05, 3.63) is 24.3 Å². The van der Waals surface area contributed by atoms with Crippen molar-refractivity contribution in [2.75, 3.05) is 45.9 Å². The molecule has 1 amide bonds. The van der Waals surface area contributed by atoms with Gasteiger partial charge in [-0.1, -0.05) is 12.1 Å². The fourth-order valence-corrected chi connectivity index (χ4v) is 4.21. The summed E-state index contributed by atoms with van der Waals surface area (Å²) in [7, 11) is 0. The second kappa shape index (κ2) is 8.27. The van der Waals surface area contributed by atoms with Gasteiger partial charge in [-0.3, -0.25) is 9.69 Å². The van der Waals surface area contributed by atoms with Crippen molar-refractivity contribution in [1.29, 1.82) is 0 Å². The molecule has 2 atom stereocenters. The Labute approximate surface area is 155 Å². The molecule has 1 N–H and O–H groups in total. The molecule has 0 radical (unpaired) electrons. The Morgan fingerprint density at radius 3 is 2.77 bits per heavy atom. The first kappa shape index (κ1) is 17.6. The zero-order chi connectivity index (χ0) is 17.8. The summed E-state index contributed by atoms with van der Waals surface area (Å²) in [6.07, 6.45) is 4.91. The Kier molecular flexibility index (Phi) is 5.60. The Hall–Kier alpha value is -1.79. The van der Waals surface area contributed by atoms with Crippen LogP contribution < -0.4 is 14.8 Å². The first-order valence-electron chi connectivity index (χ1n) is 9.89. The van der Waals surface area contributed by atoms with Gasteiger partial charge >= 0.3 is 0 Å². The monoisotopic (exact) mass is 359 g/mol. The van der Waals surface area contributed by atoms with Crippen LogP contribution in [0.25, 0.3) is 0 Å². The van der Waals surface area contributed by atoms with E-state index < -0.39 is 0 Å². The second-order valence-electron chi connectivity index (χ2n) is 7.58. The van der Waals surface area contributed by atoms with Gasteiger partial charge in [0.25, 0.3) is 0 Å². The van der Waals surface area contributed by atoms with E-state index in [1.807, 2.05) is 24.3 Å². The fraction of sp³-hybridized carbons (Fsp3) is 0.650. The van der Waals surface area contributed by atoms with Crippen LogP contribution in [0.5, 0.6) is 11.5 Å². The van der Waals surface area contributed by atoms with Crippen molar-refractivity contribution in [2.45, 2.75) is 37.8 Å². The van der Waals surface area contributed by atoms with Gasteiger partial charge in [-0.05, 0) is 57.5 Å². The highest BCUT2D eigenvalue weighted by molar-refractivity contribution is 5.78. The Bertz CT molecular complexity index is 618. The molecule has 0 saturated carbocycles. The van der Waals surface area contributed by atoms with Crippen LogP contribution in [-0.2, 0) is 4.79 Å². The smallest absolute Gasteiger partial charge is 0.234 e. The molecular formula is C20H29N3O3. The van der Waals surface area contributed by atoms with Crippen LogP contribution >= 0.6 is 0 Å². The van der Waals surface area contributed by atoms with Crippen molar-refractivity contribution in [2.24, 2.45) is 0 Å². The predicted octanol–water partition coefficient (Wildman–Crippen LogP) is 1.50. The zero-order valence-electron chi connectivity index (χ0n) is 15.4. The number of likely N-dealkylation sites (tertiary alicyclic amines) is 2. The number of hydrogen-bond acceptors (Lipinski definition) is 5. The van der Waals surface area contributed by atoms with Crippen molar-refractivity contribution in [3.8, 4) is 11.5 Å². The van der Waals surface area contributed by atoms with Gasteiger partial charge in [0.1, 0.15) is 12.7 Å². The van der Waals surface area contributed by atoms with Crippen molar-refractivity contribution in [1.82, 2.24) is 15.1 Å². The number of rotatable bonds is 6. The molecule has 0 aromatic heterocycles. The highest BCUT2D eigenvalue weighted by Crippen LogP contribution is 2.30. The third-order valence-corrected chi connectivity index (χ3v) is 5.61. The molecule has 1 aromatic carbocycles. The van der Waals surface area contributed by atoms with Crippen LogP contribution in [0.3, 0.4) is 0 Å². The fourth-order valence-electron chi connectivity index (χ4n) is 4.21. The number of amides is 1. The van der Waals surface area contributed by atoms with Gasteiger partial charge in [-0.15, -0.1) is 0 Å². The third kappa shape index (κ3) is 4.30. The van der Waals surface area contributed by atoms with Crippen LogP contribution in [0.4, 0.5) is 0 Å². The standard InChI is InChI=1S/C20H29N3O3/c24-20(14-23-11-5-6-16(23)13-22-9-3-4-10-22)21-12-17-15-25-18-7-1-2-8-19(18)26-17/h1-2,7-8,16-17H,3-6,9-15H2,(H,21,24)/t16-,17+/m1/s1. The van der Waals surface area contributed by atoms with Crippen LogP contribution in [-0.4, -0.2) is 73.7 Å². The molecule has 3 aliphatic rings. The number of ether oxygens (including phenoxy) is 2. The number of carbonyl (C=O) groups excluding carboxylic acids is 1. The molecule has 6 nitrogen and oxygen atoms in total. The number of nitrogens with one attached hydrogen (secondary N) is 1. The number of hydrogen-bond donors (Lipinski definition) is 1. The number of fused-ring (bicyclic) bond motifs is 1. The summed E-state index contributed by atoms with van der Waals surface area (Å²) in [5.74, 6) is 1.61. The van der Waals surface area contributed by atoms with E-state index >= 15 is 0 Å². The largest absolute Gasteiger partial charge is 0.486 e. The average molecular weight is 359 g/mol. The summed E-state index contributed by atoms with van der Waals surface area (Å²) in [4.78, 5) is 17.3. The topological polar surface area (TPSA) is 54.0 Å². The molecule has 26 heavy (non-hydrogen) atoms. The van der Waals surface area contributed by atoms with E-state index in [2.05, 4.69) is 15.1 Å². The molecular weight excluding hydrogens is 330 g/mol. The quantitative estimate of drug-likeness (QED) is 0.834. The normalized spacial score (nSPS) is 26.2. The summed E-state index contributed by atoms with van der Waals surface area (Å²) >= 11 is 0. The summed E-state index contributed by atoms with van der Waals surface area (Å²) in [6, 6.07) is 8.18. The second-order valence-corrected chi connectivity index (χ2v) is 7.58. The van der Waals surface area contributed by atoms with Gasteiger partial charge in [0.15, 0.2) is 11.5 Å². The van der Waals surface area contributed by atoms with Crippen LogP contribution in [0.2, 0.25) is 0 Å². The van der Waals surface area contributed by atoms with Gasteiger partial charge in [-0.25, -0.2) is 0 Å². The van der Waals surface area contributed by atoms with Gasteiger partial charge in [0.05, 0.1) is 13.1 Å². The van der Waals surface area contributed by atoms with Crippen molar-refractivity contribution < 1.29 is 14.3 Å². The molecule has 4 rings (SSSR count). The molecule has 2 fully saturated rings. The van der Waals surface area contributed by atoms with E-state index in [1.165, 1.54) is 38.8 Å². The number of nitrogens with zero attached hydrogens (tertiary/aromatic N) is 2. The lowest BCUT2D eigenvalue weighted by atomic mass is 10.2. The highest BCUT2D eigenvalue weighted by Gasteiger charge is 2.29. The summed E-state index contributed by atoms with van der Waals surface area (Å²) < 4.78 is 11.6. The lowest BCUT2D eigenvalue weighted by Crippen LogP contribution is -2.47. The first-order valence-corrected chi connectivity index (χ1v) is 9.89. The highest BCUT2D eigenvalue weighted by atomic mass is 16.6. The third-order valence-electron chi connectivity index (χ3n) is 5.61. The van der Waals surface area contributed by atoms with Crippen LogP contribution in [0.15, 0.2) is 24.3 Å². The molecule has 3 heterocycles. The van der Waals surface area contributed by atoms with Gasteiger partial charge in [0.2, 0.25) is 5.91 Å². The van der Waals surface area contributed by atoms with Crippen molar-refractivity contribution >= 4 is 5.91 Å². The zero-order valence-corrected chi connectivity index (χ0v) is 15.4. The van der Waals surface area contributed by atoms with Gasteiger partial charge < -0.3 is 19.7 Å². The van der Waals surface area contributed by atoms with Crippen LogP contribution in [0.1, 0.15) is 25.7 Å². The summed E-state index contributed by atoms with van der Waals surface area (Å²) in [5, 5.41) is 3.03. The van der Waals surface area contributed by atoms with E-state index in [1.54, 1.807) is 0 Å². The number of para-hydroxylation sites is 2. The SMILES string of the molecule is O=C(CN1CCC[C@@H]1CN1CCCC1)NC[C@H]1COc2ccccc2O1. The molecule has 0 bridgehead atoms. The van der Waals surface area contributed by atoms with Gasteiger partial charge in [-0.2, -0.15) is 0 Å². The maximum absolute atomic E-state index is 12.4. The Morgan fingerprint density at radius 2 is 1.92 bits per heavy atom. The minimum absolute atomic E-state index is 0.0841. The number of benzene rings is 1. The maximum Gasteiger partial charge on any atom is 0.234 e. The van der Waals surface area contributed by atoms with E-state index in [-0.39, 0.29) is 12.0 Å². The number of carbonyl (C=O) groups is 1. The summed E-state index contributed by atoms with van der Waals surface area (Å²) in [5.41, 5.74) is 0. The molecule has 2 saturated heterocycles. The Morgan fingerprint density at radius 1 is 1.12 bits per heavy atom. The molecule has 6 heteroatoms. The molecule has 3 aliphatic heterocycles. The van der Waals surface area contributed by atoms with Crippen LogP contribution in [0, 0.1) is 0 Å². The van der Waals surface area contributed by atoms with Crippen molar-refractivity contribution in [3.63, 3.8) is 0 Å². The van der Waals surface area contributed by atoms with Gasteiger partial charge in [0, 0.05) is 12.6 Å². The predicted molar refractivity (Wildman–Crippen MR) is 99.6 cm³/mol. The summed E-state index contributed by atoms with van der Waals surface area (Å²) in [6.45, 7) is 6.03. The van der Waals surface area contributed by atoms with E-state index in [0.29, 0.717) is 25.7 Å². The average Bonchev–Trinajstić information content (AvgIpc) is 3.33. The molecule has 142 valence electrons. The van der Waals surface area contributed by atoms with E-state index in [9.17, 15) is 4.79 Å². The Balaban J connectivity index is 1.21. The lowest BCUT2D eigenvalue weighted by Gasteiger charge is -2.29. The minimum atomic E-state index is -0.132. The molecule has 0 aliphatic carbocycles. The van der Waals surface area contributed by atoms with E-state index in [4.69, 9.17) is 9.47 Å². The first-order chi connectivity index (χ1) is 12.8. The maximum atomic E-state index is 12.4. The van der Waals surface area contributed by atoms with E-state index in [0.717, 1.165) is 24.6 Å². The molecule has 0 spiro atoms. The minimum Gasteiger partial charge on any atom is -0.486 e.